The average molecular weight is 294 g/mol. The van der Waals surface area contributed by atoms with Crippen LogP contribution in [-0.2, 0) is 0 Å². The number of hydrogen-bond donors (Lipinski definition) is 1. The first kappa shape index (κ1) is 14.4. The van der Waals surface area contributed by atoms with Crippen molar-refractivity contribution in [2.75, 3.05) is 19.5 Å². The van der Waals surface area contributed by atoms with Crippen molar-refractivity contribution in [3.05, 3.63) is 41.3 Å². The molecule has 2 aromatic rings. The van der Waals surface area contributed by atoms with E-state index in [2.05, 4.69) is 15.3 Å². The highest BCUT2D eigenvalue weighted by atomic mass is 35.5. The number of nitrogens with zero attached hydrogens (tertiary/aromatic N) is 2. The minimum absolute atomic E-state index is 0.0424. The monoisotopic (exact) mass is 293 g/mol. The van der Waals surface area contributed by atoms with Gasteiger partial charge in [0.2, 0.25) is 0 Å². The summed E-state index contributed by atoms with van der Waals surface area (Å²) in [6.07, 6.45) is 1.42. The maximum Gasteiger partial charge on any atom is 0.161 e. The van der Waals surface area contributed by atoms with Crippen LogP contribution >= 0.6 is 11.6 Å². The predicted molar refractivity (Wildman–Crippen MR) is 78.6 cm³/mol. The van der Waals surface area contributed by atoms with Crippen LogP contribution in [0.2, 0.25) is 5.15 Å². The fraction of sp³-hybridized carbons (Fsp3) is 0.286. The molecule has 0 amide bonds. The van der Waals surface area contributed by atoms with Crippen LogP contribution in [0.4, 0.5) is 5.82 Å². The highest BCUT2D eigenvalue weighted by Gasteiger charge is 2.10. The summed E-state index contributed by atoms with van der Waals surface area (Å²) in [4.78, 5) is 7.97. The first-order valence-electron chi connectivity index (χ1n) is 6.10. The van der Waals surface area contributed by atoms with Gasteiger partial charge in [-0.25, -0.2) is 9.97 Å². The molecule has 5 nitrogen and oxygen atoms in total. The quantitative estimate of drug-likeness (QED) is 0.857. The Morgan fingerprint density at radius 3 is 2.50 bits per heavy atom. The van der Waals surface area contributed by atoms with E-state index in [1.165, 1.54) is 6.33 Å². The molecule has 0 saturated heterocycles. The van der Waals surface area contributed by atoms with Gasteiger partial charge in [0.05, 0.1) is 20.3 Å². The van der Waals surface area contributed by atoms with Crippen LogP contribution in [0, 0.1) is 0 Å². The van der Waals surface area contributed by atoms with E-state index in [-0.39, 0.29) is 6.04 Å². The Bertz CT molecular complexity index is 592. The normalized spacial score (nSPS) is 11.8. The minimum atomic E-state index is 0.0424. The number of hydrogen-bond acceptors (Lipinski definition) is 5. The second-order valence-electron chi connectivity index (χ2n) is 4.21. The summed E-state index contributed by atoms with van der Waals surface area (Å²) in [5.41, 5.74) is 1.05. The number of ether oxygens (including phenoxy) is 2. The smallest absolute Gasteiger partial charge is 0.161 e. The van der Waals surface area contributed by atoms with E-state index in [1.54, 1.807) is 20.3 Å². The fourth-order valence-electron chi connectivity index (χ4n) is 1.84. The van der Waals surface area contributed by atoms with E-state index in [0.29, 0.717) is 22.5 Å². The molecule has 106 valence electrons. The van der Waals surface area contributed by atoms with Gasteiger partial charge in [-0.1, -0.05) is 17.7 Å². The zero-order chi connectivity index (χ0) is 14.5. The van der Waals surface area contributed by atoms with Gasteiger partial charge in [-0.2, -0.15) is 0 Å². The van der Waals surface area contributed by atoms with Crippen LogP contribution in [0.1, 0.15) is 18.5 Å². The summed E-state index contributed by atoms with van der Waals surface area (Å²) in [6, 6.07) is 7.50. The number of halogens is 1. The van der Waals surface area contributed by atoms with Crippen molar-refractivity contribution in [2.45, 2.75) is 13.0 Å². The average Bonchev–Trinajstić information content (AvgIpc) is 2.46. The molecule has 1 atom stereocenters. The zero-order valence-electron chi connectivity index (χ0n) is 11.6. The van der Waals surface area contributed by atoms with E-state index in [9.17, 15) is 0 Å². The number of nitrogens with one attached hydrogen (secondary N) is 1. The van der Waals surface area contributed by atoms with Crippen LogP contribution in [0.3, 0.4) is 0 Å². The van der Waals surface area contributed by atoms with E-state index in [4.69, 9.17) is 21.1 Å². The van der Waals surface area contributed by atoms with Gasteiger partial charge in [0, 0.05) is 6.07 Å². The summed E-state index contributed by atoms with van der Waals surface area (Å²) in [6.45, 7) is 2.03. The van der Waals surface area contributed by atoms with E-state index >= 15 is 0 Å². The maximum absolute atomic E-state index is 5.83. The molecule has 1 unspecified atom stereocenters. The summed E-state index contributed by atoms with van der Waals surface area (Å²) >= 11 is 5.83. The Labute approximate surface area is 122 Å². The van der Waals surface area contributed by atoms with Crippen molar-refractivity contribution < 1.29 is 9.47 Å². The number of rotatable bonds is 5. The third-order valence-corrected chi connectivity index (χ3v) is 3.11. The van der Waals surface area contributed by atoms with Crippen molar-refractivity contribution in [2.24, 2.45) is 0 Å². The SMILES string of the molecule is COc1ccc(C(C)Nc2cc(Cl)ncn2)cc1OC. The molecule has 2 rings (SSSR count). The molecule has 6 heteroatoms. The van der Waals surface area contributed by atoms with E-state index in [0.717, 1.165) is 5.56 Å². The Kier molecular flexibility index (Phi) is 4.63. The Balaban J connectivity index is 2.18. The van der Waals surface area contributed by atoms with Gasteiger partial charge < -0.3 is 14.8 Å². The van der Waals surface area contributed by atoms with Gasteiger partial charge in [-0.05, 0) is 24.6 Å². The highest BCUT2D eigenvalue weighted by molar-refractivity contribution is 6.29. The lowest BCUT2D eigenvalue weighted by molar-refractivity contribution is 0.354. The second-order valence-corrected chi connectivity index (χ2v) is 4.59. The van der Waals surface area contributed by atoms with Gasteiger partial charge in [0.25, 0.3) is 0 Å². The summed E-state index contributed by atoms with van der Waals surface area (Å²) in [7, 11) is 3.23. The largest absolute Gasteiger partial charge is 0.493 e. The second kappa shape index (κ2) is 6.43. The summed E-state index contributed by atoms with van der Waals surface area (Å²) in [5, 5.41) is 3.66. The fourth-order valence-corrected chi connectivity index (χ4v) is 1.99. The van der Waals surface area contributed by atoms with Crippen LogP contribution in [0.5, 0.6) is 11.5 Å². The molecule has 0 bridgehead atoms. The van der Waals surface area contributed by atoms with Crippen molar-refractivity contribution >= 4 is 17.4 Å². The maximum atomic E-state index is 5.83. The molecule has 1 aromatic heterocycles. The van der Waals surface area contributed by atoms with Gasteiger partial charge >= 0.3 is 0 Å². The number of benzene rings is 1. The van der Waals surface area contributed by atoms with Gasteiger partial charge in [0.1, 0.15) is 17.3 Å². The molecule has 0 radical (unpaired) electrons. The van der Waals surface area contributed by atoms with Crippen molar-refractivity contribution in [3.8, 4) is 11.5 Å². The van der Waals surface area contributed by atoms with Crippen LogP contribution in [0.15, 0.2) is 30.6 Å². The molecule has 1 heterocycles. The topological polar surface area (TPSA) is 56.3 Å². The minimum Gasteiger partial charge on any atom is -0.493 e. The van der Waals surface area contributed by atoms with Crippen LogP contribution in [-0.4, -0.2) is 24.2 Å². The number of methoxy groups -OCH3 is 2. The third-order valence-electron chi connectivity index (χ3n) is 2.91. The van der Waals surface area contributed by atoms with E-state index < -0.39 is 0 Å². The first-order valence-corrected chi connectivity index (χ1v) is 6.48. The molecule has 1 aromatic carbocycles. The van der Waals surface area contributed by atoms with Crippen LogP contribution in [0.25, 0.3) is 0 Å². The molecule has 0 fully saturated rings. The lowest BCUT2D eigenvalue weighted by Gasteiger charge is -2.17. The first-order chi connectivity index (χ1) is 9.63. The number of aromatic nitrogens is 2. The predicted octanol–water partition coefficient (Wildman–Crippen LogP) is 3.32. The molecular formula is C14H16ClN3O2. The van der Waals surface area contributed by atoms with Crippen molar-refractivity contribution in [3.63, 3.8) is 0 Å². The molecule has 0 aliphatic heterocycles. The molecule has 0 saturated carbocycles. The molecule has 1 N–H and O–H groups in total. The summed E-state index contributed by atoms with van der Waals surface area (Å²) in [5.74, 6) is 2.07. The third kappa shape index (κ3) is 3.30. The molecule has 0 aliphatic rings. The molecule has 20 heavy (non-hydrogen) atoms. The lowest BCUT2D eigenvalue weighted by atomic mass is 10.1. The lowest BCUT2D eigenvalue weighted by Crippen LogP contribution is -2.08. The molecular weight excluding hydrogens is 278 g/mol. The van der Waals surface area contributed by atoms with Crippen LogP contribution < -0.4 is 14.8 Å². The highest BCUT2D eigenvalue weighted by Crippen LogP contribution is 2.30. The number of anilines is 1. The van der Waals surface area contributed by atoms with Crippen molar-refractivity contribution in [1.82, 2.24) is 9.97 Å². The molecule has 0 spiro atoms. The van der Waals surface area contributed by atoms with Crippen molar-refractivity contribution in [1.29, 1.82) is 0 Å². The molecule has 0 aliphatic carbocycles. The summed E-state index contributed by atoms with van der Waals surface area (Å²) < 4.78 is 10.5. The zero-order valence-corrected chi connectivity index (χ0v) is 12.3. The van der Waals surface area contributed by atoms with Gasteiger partial charge in [0.15, 0.2) is 11.5 Å². The standard InChI is InChI=1S/C14H16ClN3O2/c1-9(18-14-7-13(15)16-8-17-14)10-4-5-11(19-2)12(6-10)20-3/h4-9H,1-3H3,(H,16,17,18). The van der Waals surface area contributed by atoms with Gasteiger partial charge in [-0.15, -0.1) is 0 Å². The Morgan fingerprint density at radius 2 is 1.85 bits per heavy atom. The van der Waals surface area contributed by atoms with E-state index in [1.807, 2.05) is 25.1 Å². The Morgan fingerprint density at radius 1 is 1.10 bits per heavy atom. The Hall–Kier alpha value is -2.01. The van der Waals surface area contributed by atoms with Gasteiger partial charge in [-0.3, -0.25) is 0 Å².